The Labute approximate surface area is 147 Å². The van der Waals surface area contributed by atoms with Crippen molar-refractivity contribution < 1.29 is 18.7 Å². The van der Waals surface area contributed by atoms with Gasteiger partial charge in [0, 0.05) is 24.9 Å². The Morgan fingerprint density at radius 2 is 2.00 bits per heavy atom. The molecule has 134 valence electrons. The van der Waals surface area contributed by atoms with Gasteiger partial charge in [-0.25, -0.2) is 9.37 Å². The zero-order valence-electron chi connectivity index (χ0n) is 14.9. The van der Waals surface area contributed by atoms with E-state index in [1.54, 1.807) is 18.2 Å². The van der Waals surface area contributed by atoms with Crippen LogP contribution in [0.2, 0.25) is 0 Å². The van der Waals surface area contributed by atoms with Crippen LogP contribution in [-0.2, 0) is 6.61 Å². The van der Waals surface area contributed by atoms with Crippen molar-refractivity contribution in [2.24, 2.45) is 5.41 Å². The molecule has 0 unspecified atom stereocenters. The van der Waals surface area contributed by atoms with Gasteiger partial charge in [0.05, 0.1) is 12.7 Å². The monoisotopic (exact) mass is 346 g/mol. The van der Waals surface area contributed by atoms with Crippen LogP contribution in [0.4, 0.5) is 4.39 Å². The Bertz CT molecular complexity index is 724. The highest BCUT2D eigenvalue weighted by Crippen LogP contribution is 2.18. The molecule has 0 fully saturated rings. The summed E-state index contributed by atoms with van der Waals surface area (Å²) >= 11 is 0. The van der Waals surface area contributed by atoms with Gasteiger partial charge in [0.25, 0.3) is 5.91 Å². The Morgan fingerprint density at radius 3 is 2.60 bits per heavy atom. The molecule has 2 rings (SSSR count). The zero-order valence-corrected chi connectivity index (χ0v) is 14.9. The first-order chi connectivity index (χ1) is 11.8. The number of amides is 1. The van der Waals surface area contributed by atoms with Gasteiger partial charge >= 0.3 is 0 Å². The van der Waals surface area contributed by atoms with Crippen molar-refractivity contribution in [1.29, 1.82) is 0 Å². The number of rotatable bonds is 6. The summed E-state index contributed by atoms with van der Waals surface area (Å²) in [7, 11) is 1.48. The van der Waals surface area contributed by atoms with E-state index in [-0.39, 0.29) is 17.9 Å². The van der Waals surface area contributed by atoms with Gasteiger partial charge in [-0.1, -0.05) is 20.8 Å². The number of pyridine rings is 1. The second-order valence-corrected chi connectivity index (χ2v) is 6.92. The fraction of sp³-hybridized carbons (Fsp3) is 0.368. The van der Waals surface area contributed by atoms with Crippen molar-refractivity contribution in [2.45, 2.75) is 27.4 Å². The number of aromatic nitrogens is 1. The van der Waals surface area contributed by atoms with Crippen LogP contribution < -0.4 is 14.8 Å². The van der Waals surface area contributed by atoms with Crippen LogP contribution in [0.3, 0.4) is 0 Å². The fourth-order valence-corrected chi connectivity index (χ4v) is 2.03. The second kappa shape index (κ2) is 7.96. The van der Waals surface area contributed by atoms with Crippen molar-refractivity contribution in [3.8, 4) is 11.6 Å². The lowest BCUT2D eigenvalue weighted by atomic mass is 9.97. The van der Waals surface area contributed by atoms with Gasteiger partial charge in [0.1, 0.15) is 18.2 Å². The van der Waals surface area contributed by atoms with Crippen LogP contribution >= 0.6 is 0 Å². The summed E-state index contributed by atoms with van der Waals surface area (Å²) in [6, 6.07) is 7.62. The number of hydrogen-bond acceptors (Lipinski definition) is 4. The minimum Gasteiger partial charge on any atom is -0.497 e. The van der Waals surface area contributed by atoms with Gasteiger partial charge in [-0.3, -0.25) is 4.79 Å². The molecule has 1 N–H and O–H groups in total. The third-order valence-corrected chi connectivity index (χ3v) is 3.33. The molecule has 25 heavy (non-hydrogen) atoms. The number of hydrogen-bond donors (Lipinski definition) is 1. The maximum Gasteiger partial charge on any atom is 0.252 e. The standard InChI is InChI=1S/C19H23FN2O3/c1-19(2,3)12-22-18(23)14-5-6-17(21-10-14)25-11-13-7-15(20)9-16(8-13)24-4/h5-10H,11-12H2,1-4H3,(H,22,23). The number of nitrogens with one attached hydrogen (secondary N) is 1. The van der Waals surface area contributed by atoms with E-state index >= 15 is 0 Å². The molecule has 1 amide bonds. The number of halogens is 1. The Morgan fingerprint density at radius 1 is 1.24 bits per heavy atom. The molecule has 0 spiro atoms. The van der Waals surface area contributed by atoms with Gasteiger partial charge in [-0.15, -0.1) is 0 Å². The molecule has 5 nitrogen and oxygen atoms in total. The molecule has 0 aliphatic heterocycles. The van der Waals surface area contributed by atoms with Gasteiger partial charge in [-0.05, 0) is 29.2 Å². The van der Waals surface area contributed by atoms with Crippen molar-refractivity contribution in [3.05, 3.63) is 53.5 Å². The SMILES string of the molecule is COc1cc(F)cc(COc2ccc(C(=O)NCC(C)(C)C)cn2)c1. The fourth-order valence-electron chi connectivity index (χ4n) is 2.03. The molecule has 1 aromatic carbocycles. The summed E-state index contributed by atoms with van der Waals surface area (Å²) in [5.74, 6) is 0.216. The first kappa shape index (κ1) is 18.7. The molecule has 1 heterocycles. The van der Waals surface area contributed by atoms with Crippen molar-refractivity contribution >= 4 is 5.91 Å². The minimum atomic E-state index is -0.392. The zero-order chi connectivity index (χ0) is 18.4. The molecule has 0 saturated carbocycles. The molecular weight excluding hydrogens is 323 g/mol. The summed E-state index contributed by atoms with van der Waals surface area (Å²) in [5.41, 5.74) is 1.10. The Kier molecular flexibility index (Phi) is 5.96. The van der Waals surface area contributed by atoms with Gasteiger partial charge in [-0.2, -0.15) is 0 Å². The number of carbonyl (C=O) groups is 1. The highest BCUT2D eigenvalue weighted by Gasteiger charge is 2.13. The van der Waals surface area contributed by atoms with Gasteiger partial charge in [0.15, 0.2) is 0 Å². The number of carbonyl (C=O) groups excluding carboxylic acids is 1. The lowest BCUT2D eigenvalue weighted by Crippen LogP contribution is -2.32. The van der Waals surface area contributed by atoms with E-state index in [0.29, 0.717) is 29.3 Å². The molecule has 0 aliphatic rings. The average Bonchev–Trinajstić information content (AvgIpc) is 2.57. The van der Waals surface area contributed by atoms with Crippen LogP contribution in [0.25, 0.3) is 0 Å². The van der Waals surface area contributed by atoms with E-state index in [9.17, 15) is 9.18 Å². The van der Waals surface area contributed by atoms with E-state index in [2.05, 4.69) is 10.3 Å². The third kappa shape index (κ3) is 6.06. The predicted molar refractivity (Wildman–Crippen MR) is 93.3 cm³/mol. The van der Waals surface area contributed by atoms with Crippen LogP contribution in [0.1, 0.15) is 36.7 Å². The molecule has 0 bridgehead atoms. The second-order valence-electron chi connectivity index (χ2n) is 6.92. The summed E-state index contributed by atoms with van der Waals surface area (Å²) in [6.45, 7) is 6.86. The smallest absolute Gasteiger partial charge is 0.252 e. The molecular formula is C19H23FN2O3. The Hall–Kier alpha value is -2.63. The lowest BCUT2D eigenvalue weighted by Gasteiger charge is -2.18. The molecule has 0 aliphatic carbocycles. The third-order valence-electron chi connectivity index (χ3n) is 3.33. The van der Waals surface area contributed by atoms with E-state index in [4.69, 9.17) is 9.47 Å². The molecule has 0 radical (unpaired) electrons. The average molecular weight is 346 g/mol. The molecule has 0 atom stereocenters. The summed E-state index contributed by atoms with van der Waals surface area (Å²) in [6.07, 6.45) is 1.46. The topological polar surface area (TPSA) is 60.5 Å². The van der Waals surface area contributed by atoms with Gasteiger partial charge in [0.2, 0.25) is 5.88 Å². The largest absolute Gasteiger partial charge is 0.497 e. The molecule has 6 heteroatoms. The maximum absolute atomic E-state index is 13.4. The first-order valence-corrected chi connectivity index (χ1v) is 7.97. The quantitative estimate of drug-likeness (QED) is 0.868. The highest BCUT2D eigenvalue weighted by atomic mass is 19.1. The molecule has 0 saturated heterocycles. The van der Waals surface area contributed by atoms with E-state index in [0.717, 1.165) is 0 Å². The maximum atomic E-state index is 13.4. The minimum absolute atomic E-state index is 0.0121. The van der Waals surface area contributed by atoms with E-state index in [1.807, 2.05) is 20.8 Å². The summed E-state index contributed by atoms with van der Waals surface area (Å²) in [5, 5.41) is 2.86. The van der Waals surface area contributed by atoms with Gasteiger partial charge < -0.3 is 14.8 Å². The highest BCUT2D eigenvalue weighted by molar-refractivity contribution is 5.93. The van der Waals surface area contributed by atoms with Crippen molar-refractivity contribution in [3.63, 3.8) is 0 Å². The van der Waals surface area contributed by atoms with E-state index in [1.165, 1.54) is 25.4 Å². The summed E-state index contributed by atoms with van der Waals surface area (Å²) in [4.78, 5) is 16.2. The Balaban J connectivity index is 1.94. The number of benzene rings is 1. The van der Waals surface area contributed by atoms with Crippen LogP contribution in [0, 0.1) is 11.2 Å². The normalized spacial score (nSPS) is 11.1. The van der Waals surface area contributed by atoms with Crippen molar-refractivity contribution in [1.82, 2.24) is 10.3 Å². The van der Waals surface area contributed by atoms with Crippen LogP contribution in [0.15, 0.2) is 36.5 Å². The molecule has 1 aromatic heterocycles. The first-order valence-electron chi connectivity index (χ1n) is 7.97. The number of methoxy groups -OCH3 is 1. The number of nitrogens with zero attached hydrogens (tertiary/aromatic N) is 1. The predicted octanol–water partition coefficient (Wildman–Crippen LogP) is 3.58. The summed E-state index contributed by atoms with van der Waals surface area (Å²) < 4.78 is 24.0. The van der Waals surface area contributed by atoms with Crippen LogP contribution in [-0.4, -0.2) is 24.5 Å². The van der Waals surface area contributed by atoms with Crippen molar-refractivity contribution in [2.75, 3.05) is 13.7 Å². The number of ether oxygens (including phenoxy) is 2. The van der Waals surface area contributed by atoms with Crippen LogP contribution in [0.5, 0.6) is 11.6 Å². The van der Waals surface area contributed by atoms with E-state index < -0.39 is 5.82 Å². The molecule has 2 aromatic rings. The lowest BCUT2D eigenvalue weighted by molar-refractivity contribution is 0.0939.